The predicted molar refractivity (Wildman–Crippen MR) is 81.2 cm³/mol. The van der Waals surface area contributed by atoms with Gasteiger partial charge in [-0.1, -0.05) is 6.42 Å². The highest BCUT2D eigenvalue weighted by molar-refractivity contribution is 5.32. The van der Waals surface area contributed by atoms with Crippen molar-refractivity contribution in [2.45, 2.75) is 69.9 Å². The first-order valence-electron chi connectivity index (χ1n) is 8.51. The summed E-state index contributed by atoms with van der Waals surface area (Å²) in [6.45, 7) is 5.00. The van der Waals surface area contributed by atoms with Crippen molar-refractivity contribution in [3.63, 3.8) is 0 Å². The van der Waals surface area contributed by atoms with Crippen LogP contribution >= 0.6 is 0 Å². The van der Waals surface area contributed by atoms with E-state index in [0.717, 1.165) is 38.4 Å². The van der Waals surface area contributed by atoms with Crippen LogP contribution < -0.4 is 5.32 Å². The topological polar surface area (TPSA) is 47.0 Å². The molecule has 0 aromatic carbocycles. The molecule has 1 aromatic rings. The fourth-order valence-electron chi connectivity index (χ4n) is 3.74. The molecule has 1 N–H and O–H groups in total. The molecule has 1 unspecified atom stereocenters. The Morgan fingerprint density at radius 3 is 2.81 bits per heavy atom. The van der Waals surface area contributed by atoms with Gasteiger partial charge in [0.25, 0.3) is 0 Å². The van der Waals surface area contributed by atoms with Crippen LogP contribution in [-0.2, 0) is 23.3 Å². The molecular weight excluding hydrogens is 262 g/mol. The summed E-state index contributed by atoms with van der Waals surface area (Å²) >= 11 is 0. The van der Waals surface area contributed by atoms with E-state index in [0.29, 0.717) is 5.92 Å². The normalized spacial score (nSPS) is 29.8. The second-order valence-electron chi connectivity index (χ2n) is 6.95. The molecule has 1 atom stereocenters. The van der Waals surface area contributed by atoms with Gasteiger partial charge in [0, 0.05) is 37.6 Å². The Morgan fingerprint density at radius 2 is 2.10 bits per heavy atom. The van der Waals surface area contributed by atoms with Gasteiger partial charge < -0.3 is 10.1 Å². The standard InChI is InChI=1S/C17H25N3O/c1-17(8-2-3-10-21-17)16-19-14-7-9-18-11-13(14)15(20-16)12-5-4-6-12/h12,18H,2-11H2,1H3. The molecule has 114 valence electrons. The fourth-order valence-corrected chi connectivity index (χ4v) is 3.74. The Balaban J connectivity index is 1.77. The molecule has 2 fully saturated rings. The van der Waals surface area contributed by atoms with E-state index >= 15 is 0 Å². The molecule has 1 saturated heterocycles. The third kappa shape index (κ3) is 2.38. The Kier molecular flexibility index (Phi) is 3.46. The van der Waals surface area contributed by atoms with Gasteiger partial charge in [-0.3, -0.25) is 0 Å². The maximum Gasteiger partial charge on any atom is 0.160 e. The van der Waals surface area contributed by atoms with Crippen molar-refractivity contribution < 1.29 is 4.74 Å². The Labute approximate surface area is 126 Å². The highest BCUT2D eigenvalue weighted by Crippen LogP contribution is 2.40. The number of fused-ring (bicyclic) bond motifs is 1. The van der Waals surface area contributed by atoms with E-state index in [9.17, 15) is 0 Å². The van der Waals surface area contributed by atoms with E-state index in [4.69, 9.17) is 14.7 Å². The van der Waals surface area contributed by atoms with Crippen molar-refractivity contribution in [3.8, 4) is 0 Å². The van der Waals surface area contributed by atoms with Crippen LogP contribution in [0.25, 0.3) is 0 Å². The van der Waals surface area contributed by atoms with Crippen molar-refractivity contribution in [2.75, 3.05) is 13.2 Å². The minimum absolute atomic E-state index is 0.267. The highest BCUT2D eigenvalue weighted by atomic mass is 16.5. The van der Waals surface area contributed by atoms with E-state index in [1.165, 1.54) is 49.1 Å². The SMILES string of the molecule is CC1(c2nc3c(c(C4CCC4)n2)CNCC3)CCCCO1. The molecule has 1 saturated carbocycles. The van der Waals surface area contributed by atoms with Gasteiger partial charge in [-0.25, -0.2) is 9.97 Å². The van der Waals surface area contributed by atoms with Gasteiger partial charge in [-0.2, -0.15) is 0 Å². The first kappa shape index (κ1) is 13.6. The monoisotopic (exact) mass is 287 g/mol. The lowest BCUT2D eigenvalue weighted by Crippen LogP contribution is -2.36. The van der Waals surface area contributed by atoms with E-state index in [-0.39, 0.29) is 5.60 Å². The zero-order valence-electron chi connectivity index (χ0n) is 13.0. The fraction of sp³-hybridized carbons (Fsp3) is 0.765. The molecule has 3 heterocycles. The Bertz CT molecular complexity index is 533. The molecule has 4 nitrogen and oxygen atoms in total. The molecule has 0 bridgehead atoms. The van der Waals surface area contributed by atoms with Gasteiger partial charge in [-0.15, -0.1) is 0 Å². The molecule has 3 aliphatic rings. The second kappa shape index (κ2) is 5.33. The summed E-state index contributed by atoms with van der Waals surface area (Å²) in [5, 5.41) is 3.48. The van der Waals surface area contributed by atoms with Crippen LogP contribution in [0.1, 0.15) is 74.1 Å². The lowest BCUT2D eigenvalue weighted by atomic mass is 9.80. The van der Waals surface area contributed by atoms with Crippen LogP contribution in [0.4, 0.5) is 0 Å². The minimum atomic E-state index is -0.267. The van der Waals surface area contributed by atoms with Crippen LogP contribution in [0.15, 0.2) is 0 Å². The Morgan fingerprint density at radius 1 is 1.19 bits per heavy atom. The van der Waals surface area contributed by atoms with Gasteiger partial charge in [-0.05, 0) is 39.0 Å². The lowest BCUT2D eigenvalue weighted by Gasteiger charge is -2.35. The molecule has 2 aliphatic heterocycles. The summed E-state index contributed by atoms with van der Waals surface area (Å²) in [5.41, 5.74) is 3.71. The quantitative estimate of drug-likeness (QED) is 0.908. The molecule has 4 rings (SSSR count). The highest BCUT2D eigenvalue weighted by Gasteiger charge is 2.36. The number of nitrogens with zero attached hydrogens (tertiary/aromatic N) is 2. The smallest absolute Gasteiger partial charge is 0.160 e. The second-order valence-corrected chi connectivity index (χ2v) is 6.95. The molecule has 0 amide bonds. The van der Waals surface area contributed by atoms with E-state index < -0.39 is 0 Å². The maximum atomic E-state index is 6.09. The van der Waals surface area contributed by atoms with Crippen LogP contribution in [0.5, 0.6) is 0 Å². The van der Waals surface area contributed by atoms with Gasteiger partial charge in [0.2, 0.25) is 0 Å². The van der Waals surface area contributed by atoms with E-state index in [1.54, 1.807) is 0 Å². The number of aromatic nitrogens is 2. The van der Waals surface area contributed by atoms with Crippen LogP contribution in [0.3, 0.4) is 0 Å². The summed E-state index contributed by atoms with van der Waals surface area (Å²) in [4.78, 5) is 9.96. The third-order valence-electron chi connectivity index (χ3n) is 5.40. The molecule has 21 heavy (non-hydrogen) atoms. The van der Waals surface area contributed by atoms with Gasteiger partial charge in [0.15, 0.2) is 5.82 Å². The number of hydrogen-bond acceptors (Lipinski definition) is 4. The van der Waals surface area contributed by atoms with Gasteiger partial charge >= 0.3 is 0 Å². The minimum Gasteiger partial charge on any atom is -0.367 e. The van der Waals surface area contributed by atoms with Crippen molar-refractivity contribution in [1.82, 2.24) is 15.3 Å². The number of rotatable bonds is 2. The first-order valence-corrected chi connectivity index (χ1v) is 8.51. The summed E-state index contributed by atoms with van der Waals surface area (Å²) in [7, 11) is 0. The van der Waals surface area contributed by atoms with Crippen molar-refractivity contribution in [1.29, 1.82) is 0 Å². The summed E-state index contributed by atoms with van der Waals surface area (Å²) < 4.78 is 6.09. The summed E-state index contributed by atoms with van der Waals surface area (Å²) in [6.07, 6.45) is 8.40. The zero-order valence-corrected chi connectivity index (χ0v) is 13.0. The van der Waals surface area contributed by atoms with Crippen LogP contribution in [-0.4, -0.2) is 23.1 Å². The van der Waals surface area contributed by atoms with Crippen molar-refractivity contribution >= 4 is 0 Å². The number of nitrogens with one attached hydrogen (secondary N) is 1. The average molecular weight is 287 g/mol. The van der Waals surface area contributed by atoms with E-state index in [2.05, 4.69) is 12.2 Å². The van der Waals surface area contributed by atoms with Crippen LogP contribution in [0, 0.1) is 0 Å². The predicted octanol–water partition coefficient (Wildman–Crippen LogP) is 2.81. The van der Waals surface area contributed by atoms with Crippen molar-refractivity contribution in [2.24, 2.45) is 0 Å². The number of hydrogen-bond donors (Lipinski definition) is 1. The first-order chi connectivity index (χ1) is 10.3. The summed E-state index contributed by atoms with van der Waals surface area (Å²) in [6, 6.07) is 0. The maximum absolute atomic E-state index is 6.09. The third-order valence-corrected chi connectivity index (χ3v) is 5.40. The van der Waals surface area contributed by atoms with Crippen LogP contribution in [0.2, 0.25) is 0 Å². The van der Waals surface area contributed by atoms with Crippen molar-refractivity contribution in [3.05, 3.63) is 22.8 Å². The largest absolute Gasteiger partial charge is 0.367 e. The number of ether oxygens (including phenoxy) is 1. The molecular formula is C17H25N3O. The summed E-state index contributed by atoms with van der Waals surface area (Å²) in [5.74, 6) is 1.61. The van der Waals surface area contributed by atoms with Gasteiger partial charge in [0.05, 0.1) is 11.4 Å². The van der Waals surface area contributed by atoms with Gasteiger partial charge in [0.1, 0.15) is 5.60 Å². The van der Waals surface area contributed by atoms with E-state index in [1.807, 2.05) is 0 Å². The molecule has 4 heteroatoms. The zero-order chi connectivity index (χ0) is 14.3. The Hall–Kier alpha value is -1.00. The molecule has 0 radical (unpaired) electrons. The molecule has 0 spiro atoms. The lowest BCUT2D eigenvalue weighted by molar-refractivity contribution is -0.0764. The molecule has 1 aliphatic carbocycles. The molecule has 1 aromatic heterocycles. The average Bonchev–Trinajstić information content (AvgIpc) is 2.46.